The van der Waals surface area contributed by atoms with Gasteiger partial charge in [-0.2, -0.15) is 0 Å². The predicted molar refractivity (Wildman–Crippen MR) is 101 cm³/mol. The second kappa shape index (κ2) is 6.24. The van der Waals surface area contributed by atoms with Crippen LogP contribution in [0.3, 0.4) is 0 Å². The Labute approximate surface area is 145 Å². The van der Waals surface area contributed by atoms with E-state index in [0.717, 1.165) is 22.3 Å². The van der Waals surface area contributed by atoms with Crippen LogP contribution in [-0.2, 0) is 7.05 Å². The number of fused-ring (bicyclic) bond motifs is 1. The normalized spacial score (nSPS) is 10.8. The quantitative estimate of drug-likeness (QED) is 0.602. The fourth-order valence-corrected chi connectivity index (χ4v) is 2.90. The van der Waals surface area contributed by atoms with E-state index in [1.807, 2.05) is 55.7 Å². The number of hydrogen-bond donors (Lipinski definition) is 1. The number of aryl methyl sites for hydroxylation is 1. The van der Waals surface area contributed by atoms with Gasteiger partial charge in [-0.1, -0.05) is 24.3 Å². The Balaban J connectivity index is 1.65. The molecule has 4 nitrogen and oxygen atoms in total. The highest BCUT2D eigenvalue weighted by molar-refractivity contribution is 6.04. The SMILES string of the molecule is Cn1ccc2cc(-c3cc(C(=O)Nc4ccccc4)ccn3)ccc21. The fraction of sp³-hybridized carbons (Fsp3) is 0.0476. The molecule has 1 N–H and O–H groups in total. The molecule has 0 aliphatic heterocycles. The lowest BCUT2D eigenvalue weighted by molar-refractivity contribution is 0.102. The van der Waals surface area contributed by atoms with Gasteiger partial charge in [0.2, 0.25) is 0 Å². The number of hydrogen-bond acceptors (Lipinski definition) is 2. The average molecular weight is 327 g/mol. The molecule has 2 aromatic carbocycles. The van der Waals surface area contributed by atoms with Crippen LogP contribution in [0, 0.1) is 0 Å². The molecule has 25 heavy (non-hydrogen) atoms. The molecular formula is C21H17N3O. The first kappa shape index (κ1) is 15.1. The molecule has 0 atom stereocenters. The number of anilines is 1. The van der Waals surface area contributed by atoms with Crippen LogP contribution in [0.5, 0.6) is 0 Å². The summed E-state index contributed by atoms with van der Waals surface area (Å²) in [6, 6.07) is 21.2. The van der Waals surface area contributed by atoms with Gasteiger partial charge in [0.25, 0.3) is 5.91 Å². The highest BCUT2D eigenvalue weighted by Crippen LogP contribution is 2.24. The van der Waals surface area contributed by atoms with E-state index in [4.69, 9.17) is 0 Å². The van der Waals surface area contributed by atoms with Gasteiger partial charge in [-0.05, 0) is 42.5 Å². The standard InChI is InChI=1S/C21H17N3O/c1-24-12-10-16-13-15(7-8-20(16)24)19-14-17(9-11-22-19)21(25)23-18-5-3-2-4-6-18/h2-14H,1H3,(H,23,25). The summed E-state index contributed by atoms with van der Waals surface area (Å²) >= 11 is 0. The maximum atomic E-state index is 12.5. The minimum Gasteiger partial charge on any atom is -0.351 e. The number of pyridine rings is 1. The molecule has 0 saturated heterocycles. The fourth-order valence-electron chi connectivity index (χ4n) is 2.90. The smallest absolute Gasteiger partial charge is 0.255 e. The zero-order valence-electron chi connectivity index (χ0n) is 13.8. The van der Waals surface area contributed by atoms with Crippen molar-refractivity contribution in [3.63, 3.8) is 0 Å². The third-order valence-corrected chi connectivity index (χ3v) is 4.23. The van der Waals surface area contributed by atoms with Gasteiger partial charge in [0.1, 0.15) is 0 Å². The molecule has 0 radical (unpaired) electrons. The van der Waals surface area contributed by atoms with Crippen molar-refractivity contribution in [2.45, 2.75) is 0 Å². The second-order valence-electron chi connectivity index (χ2n) is 5.95. The van der Waals surface area contributed by atoms with Crippen LogP contribution in [0.15, 0.2) is 79.1 Å². The summed E-state index contributed by atoms with van der Waals surface area (Å²) in [4.78, 5) is 16.9. The Morgan fingerprint density at radius 3 is 2.68 bits per heavy atom. The maximum Gasteiger partial charge on any atom is 0.255 e. The monoisotopic (exact) mass is 327 g/mol. The van der Waals surface area contributed by atoms with Crippen molar-refractivity contribution in [2.24, 2.45) is 7.05 Å². The van der Waals surface area contributed by atoms with E-state index in [0.29, 0.717) is 5.56 Å². The lowest BCUT2D eigenvalue weighted by atomic mass is 10.1. The lowest BCUT2D eigenvalue weighted by Crippen LogP contribution is -2.12. The summed E-state index contributed by atoms with van der Waals surface area (Å²) in [5, 5.41) is 4.05. The Morgan fingerprint density at radius 2 is 1.84 bits per heavy atom. The Hall–Kier alpha value is -3.40. The van der Waals surface area contributed by atoms with Crippen molar-refractivity contribution in [3.8, 4) is 11.3 Å². The molecule has 2 aromatic heterocycles. The van der Waals surface area contributed by atoms with Gasteiger partial charge in [-0.25, -0.2) is 0 Å². The lowest BCUT2D eigenvalue weighted by Gasteiger charge is -2.07. The first-order valence-corrected chi connectivity index (χ1v) is 8.09. The third-order valence-electron chi connectivity index (χ3n) is 4.23. The summed E-state index contributed by atoms with van der Waals surface area (Å²) < 4.78 is 2.08. The first-order valence-electron chi connectivity index (χ1n) is 8.09. The van der Waals surface area contributed by atoms with Crippen molar-refractivity contribution in [1.82, 2.24) is 9.55 Å². The van der Waals surface area contributed by atoms with E-state index >= 15 is 0 Å². The molecule has 0 fully saturated rings. The summed E-state index contributed by atoms with van der Waals surface area (Å²) in [5.41, 5.74) is 4.31. The number of aromatic nitrogens is 2. The number of carbonyl (C=O) groups excluding carboxylic acids is 1. The summed E-state index contributed by atoms with van der Waals surface area (Å²) in [6.45, 7) is 0. The number of amides is 1. The van der Waals surface area contributed by atoms with E-state index in [1.54, 1.807) is 12.3 Å². The molecule has 1 amide bonds. The molecule has 0 aliphatic rings. The molecule has 2 heterocycles. The number of para-hydroxylation sites is 1. The van der Waals surface area contributed by atoms with Crippen molar-refractivity contribution in [2.75, 3.05) is 5.32 Å². The Morgan fingerprint density at radius 1 is 1.00 bits per heavy atom. The van der Waals surface area contributed by atoms with Crippen LogP contribution in [0.2, 0.25) is 0 Å². The second-order valence-corrected chi connectivity index (χ2v) is 5.95. The van der Waals surface area contributed by atoms with Gasteiger partial charge in [0, 0.05) is 47.2 Å². The number of nitrogens with one attached hydrogen (secondary N) is 1. The highest BCUT2D eigenvalue weighted by Gasteiger charge is 2.09. The number of benzene rings is 2. The van der Waals surface area contributed by atoms with Gasteiger partial charge >= 0.3 is 0 Å². The third kappa shape index (κ3) is 3.02. The molecule has 0 bridgehead atoms. The molecule has 4 heteroatoms. The van der Waals surface area contributed by atoms with Crippen molar-refractivity contribution in [3.05, 3.63) is 84.7 Å². The van der Waals surface area contributed by atoms with E-state index < -0.39 is 0 Å². The number of rotatable bonds is 3. The van der Waals surface area contributed by atoms with Gasteiger partial charge in [-0.3, -0.25) is 9.78 Å². The molecule has 122 valence electrons. The maximum absolute atomic E-state index is 12.5. The van der Waals surface area contributed by atoms with Crippen LogP contribution in [-0.4, -0.2) is 15.5 Å². The Bertz CT molecular complexity index is 1050. The van der Waals surface area contributed by atoms with Crippen LogP contribution >= 0.6 is 0 Å². The van der Waals surface area contributed by atoms with E-state index in [9.17, 15) is 4.79 Å². The van der Waals surface area contributed by atoms with Gasteiger partial charge in [0.15, 0.2) is 0 Å². The molecular weight excluding hydrogens is 310 g/mol. The molecule has 4 rings (SSSR count). The van der Waals surface area contributed by atoms with Crippen LogP contribution in [0.25, 0.3) is 22.2 Å². The molecule has 4 aromatic rings. The van der Waals surface area contributed by atoms with Crippen molar-refractivity contribution in [1.29, 1.82) is 0 Å². The minimum absolute atomic E-state index is 0.143. The minimum atomic E-state index is -0.143. The van der Waals surface area contributed by atoms with E-state index in [2.05, 4.69) is 33.1 Å². The summed E-state index contributed by atoms with van der Waals surface area (Å²) in [7, 11) is 2.02. The van der Waals surface area contributed by atoms with Crippen molar-refractivity contribution >= 4 is 22.5 Å². The highest BCUT2D eigenvalue weighted by atomic mass is 16.1. The van der Waals surface area contributed by atoms with Gasteiger partial charge < -0.3 is 9.88 Å². The van der Waals surface area contributed by atoms with Gasteiger partial charge in [0.05, 0.1) is 5.69 Å². The van der Waals surface area contributed by atoms with Crippen LogP contribution in [0.1, 0.15) is 10.4 Å². The molecule has 0 unspecified atom stereocenters. The Kier molecular flexibility index (Phi) is 3.78. The molecule has 0 aliphatic carbocycles. The van der Waals surface area contributed by atoms with Crippen LogP contribution in [0.4, 0.5) is 5.69 Å². The summed E-state index contributed by atoms with van der Waals surface area (Å²) in [6.07, 6.45) is 3.70. The van der Waals surface area contributed by atoms with Crippen molar-refractivity contribution < 1.29 is 4.79 Å². The van der Waals surface area contributed by atoms with E-state index in [-0.39, 0.29) is 5.91 Å². The zero-order valence-corrected chi connectivity index (χ0v) is 13.8. The van der Waals surface area contributed by atoms with E-state index in [1.165, 1.54) is 5.52 Å². The topological polar surface area (TPSA) is 46.9 Å². The molecule has 0 spiro atoms. The van der Waals surface area contributed by atoms with Gasteiger partial charge in [-0.15, -0.1) is 0 Å². The van der Waals surface area contributed by atoms with Crippen LogP contribution < -0.4 is 5.32 Å². The first-order chi connectivity index (χ1) is 12.2. The summed E-state index contributed by atoms with van der Waals surface area (Å²) in [5.74, 6) is -0.143. The largest absolute Gasteiger partial charge is 0.351 e. The average Bonchev–Trinajstić information content (AvgIpc) is 3.03. The number of nitrogens with zero attached hydrogens (tertiary/aromatic N) is 2. The molecule has 0 saturated carbocycles. The number of carbonyl (C=O) groups is 1. The zero-order chi connectivity index (χ0) is 17.2. The predicted octanol–water partition coefficient (Wildman–Crippen LogP) is 4.49.